The van der Waals surface area contributed by atoms with Crippen LogP contribution >= 0.6 is 15.9 Å². The fraction of sp³-hybridized carbons (Fsp3) is 0.529. The largest absolute Gasteiger partial charge is 0.469 e. The minimum absolute atomic E-state index is 0.240. The van der Waals surface area contributed by atoms with Crippen molar-refractivity contribution >= 4 is 33.5 Å². The highest BCUT2D eigenvalue weighted by Crippen LogP contribution is 2.28. The fourth-order valence-electron chi connectivity index (χ4n) is 2.68. The Bertz CT molecular complexity index is 579. The van der Waals surface area contributed by atoms with Crippen molar-refractivity contribution in [2.75, 3.05) is 38.2 Å². The van der Waals surface area contributed by atoms with Gasteiger partial charge in [0.1, 0.15) is 0 Å². The molecule has 0 aromatic heterocycles. The van der Waals surface area contributed by atoms with Crippen LogP contribution in [0.1, 0.15) is 19.8 Å². The standard InChI is InChI=1S/C17H25BrN4O2/c1-3-19-17(20-10-8-16(23)24-2)21-13-9-11-22(12-13)15-7-5-4-6-14(15)18/h4-7,13H,3,8-12H2,1-2H3,(H2,19,20,21). The smallest absolute Gasteiger partial charge is 0.307 e. The van der Waals surface area contributed by atoms with E-state index in [1.165, 1.54) is 12.8 Å². The molecule has 1 saturated heterocycles. The van der Waals surface area contributed by atoms with Gasteiger partial charge in [-0.25, -0.2) is 0 Å². The molecule has 1 unspecified atom stereocenters. The predicted molar refractivity (Wildman–Crippen MR) is 101 cm³/mol. The topological polar surface area (TPSA) is 66.0 Å². The molecule has 0 amide bonds. The SMILES string of the molecule is CCNC(=NCCC(=O)OC)NC1CCN(c2ccccc2Br)C1. The van der Waals surface area contributed by atoms with E-state index in [0.717, 1.165) is 36.5 Å². The normalized spacial score (nSPS) is 17.7. The Morgan fingerprint density at radius 1 is 1.46 bits per heavy atom. The van der Waals surface area contributed by atoms with Gasteiger partial charge in [0.05, 0.1) is 25.8 Å². The molecule has 2 rings (SSSR count). The van der Waals surface area contributed by atoms with Crippen molar-refractivity contribution in [3.8, 4) is 0 Å². The van der Waals surface area contributed by atoms with Crippen LogP contribution in [0.4, 0.5) is 5.69 Å². The molecule has 0 saturated carbocycles. The molecule has 0 spiro atoms. The lowest BCUT2D eigenvalue weighted by molar-refractivity contribution is -0.140. The van der Waals surface area contributed by atoms with Crippen molar-refractivity contribution in [1.29, 1.82) is 0 Å². The van der Waals surface area contributed by atoms with Gasteiger partial charge in [-0.1, -0.05) is 12.1 Å². The highest BCUT2D eigenvalue weighted by molar-refractivity contribution is 9.10. The van der Waals surface area contributed by atoms with Crippen molar-refractivity contribution in [3.63, 3.8) is 0 Å². The van der Waals surface area contributed by atoms with Gasteiger partial charge in [0.25, 0.3) is 0 Å². The van der Waals surface area contributed by atoms with E-state index >= 15 is 0 Å². The van der Waals surface area contributed by atoms with Crippen LogP contribution in [0, 0.1) is 0 Å². The van der Waals surface area contributed by atoms with Crippen LogP contribution in [0.2, 0.25) is 0 Å². The van der Waals surface area contributed by atoms with Crippen LogP contribution in [0.5, 0.6) is 0 Å². The molecular weight excluding hydrogens is 372 g/mol. The van der Waals surface area contributed by atoms with Gasteiger partial charge in [0.15, 0.2) is 5.96 Å². The third-order valence-electron chi connectivity index (χ3n) is 3.88. The van der Waals surface area contributed by atoms with E-state index in [0.29, 0.717) is 19.0 Å². The number of benzene rings is 1. The number of guanidine groups is 1. The van der Waals surface area contributed by atoms with Crippen LogP contribution in [0.15, 0.2) is 33.7 Å². The maximum Gasteiger partial charge on any atom is 0.307 e. The molecule has 1 heterocycles. The van der Waals surface area contributed by atoms with Gasteiger partial charge in [-0.2, -0.15) is 0 Å². The third kappa shape index (κ3) is 5.40. The lowest BCUT2D eigenvalue weighted by Gasteiger charge is -2.21. The number of methoxy groups -OCH3 is 1. The first-order chi connectivity index (χ1) is 11.6. The molecule has 0 radical (unpaired) electrons. The number of nitrogens with zero attached hydrogens (tertiary/aromatic N) is 2. The Hall–Kier alpha value is -1.76. The average Bonchev–Trinajstić information content (AvgIpc) is 3.03. The Morgan fingerprint density at radius 3 is 2.96 bits per heavy atom. The Balaban J connectivity index is 1.90. The van der Waals surface area contributed by atoms with Crippen molar-refractivity contribution in [2.45, 2.75) is 25.8 Å². The number of aliphatic imine (C=N–C) groups is 1. The number of carbonyl (C=O) groups excluding carboxylic acids is 1. The first-order valence-corrected chi connectivity index (χ1v) is 9.04. The van der Waals surface area contributed by atoms with Crippen LogP contribution in [0.25, 0.3) is 0 Å². The number of anilines is 1. The summed E-state index contributed by atoms with van der Waals surface area (Å²) in [5.41, 5.74) is 1.22. The first-order valence-electron chi connectivity index (χ1n) is 8.25. The highest BCUT2D eigenvalue weighted by atomic mass is 79.9. The summed E-state index contributed by atoms with van der Waals surface area (Å²) in [5, 5.41) is 6.68. The number of rotatable bonds is 6. The van der Waals surface area contributed by atoms with E-state index in [1.54, 1.807) is 0 Å². The Kier molecular flexibility index (Phi) is 7.36. The fourth-order valence-corrected chi connectivity index (χ4v) is 3.22. The number of ether oxygens (including phenoxy) is 1. The number of nitrogens with one attached hydrogen (secondary N) is 2. The third-order valence-corrected chi connectivity index (χ3v) is 4.55. The van der Waals surface area contributed by atoms with Crippen LogP contribution in [0.3, 0.4) is 0 Å². The molecule has 1 aromatic carbocycles. The summed E-state index contributed by atoms with van der Waals surface area (Å²) in [6.45, 7) is 5.15. The van der Waals surface area contributed by atoms with Gasteiger partial charge in [-0.3, -0.25) is 9.79 Å². The van der Waals surface area contributed by atoms with Gasteiger partial charge < -0.3 is 20.3 Å². The number of hydrogen-bond acceptors (Lipinski definition) is 4. The lowest BCUT2D eigenvalue weighted by Crippen LogP contribution is -2.44. The molecule has 24 heavy (non-hydrogen) atoms. The van der Waals surface area contributed by atoms with Gasteiger partial charge in [-0.15, -0.1) is 0 Å². The molecule has 0 aliphatic carbocycles. The molecule has 1 aliphatic rings. The van der Waals surface area contributed by atoms with Gasteiger partial charge in [0, 0.05) is 30.1 Å². The zero-order valence-corrected chi connectivity index (χ0v) is 15.8. The van der Waals surface area contributed by atoms with E-state index in [9.17, 15) is 4.79 Å². The van der Waals surface area contributed by atoms with Crippen molar-refractivity contribution in [2.24, 2.45) is 4.99 Å². The first kappa shape index (κ1) is 18.6. The number of halogens is 1. The number of hydrogen-bond donors (Lipinski definition) is 2. The lowest BCUT2D eigenvalue weighted by atomic mass is 10.3. The van der Waals surface area contributed by atoms with Crippen LogP contribution < -0.4 is 15.5 Å². The van der Waals surface area contributed by atoms with Crippen molar-refractivity contribution in [1.82, 2.24) is 10.6 Å². The van der Waals surface area contributed by atoms with E-state index < -0.39 is 0 Å². The number of para-hydroxylation sites is 1. The summed E-state index contributed by atoms with van der Waals surface area (Å²) in [6.07, 6.45) is 1.34. The molecule has 7 heteroatoms. The predicted octanol–water partition coefficient (Wildman–Crippen LogP) is 2.15. The maximum atomic E-state index is 11.2. The Labute approximate surface area is 151 Å². The van der Waals surface area contributed by atoms with Crippen molar-refractivity contribution in [3.05, 3.63) is 28.7 Å². The second-order valence-electron chi connectivity index (χ2n) is 5.61. The molecule has 2 N–H and O–H groups in total. The Morgan fingerprint density at radius 2 is 2.25 bits per heavy atom. The second-order valence-corrected chi connectivity index (χ2v) is 6.47. The summed E-state index contributed by atoms with van der Waals surface area (Å²) >= 11 is 3.61. The zero-order valence-electron chi connectivity index (χ0n) is 14.2. The van der Waals surface area contributed by atoms with Crippen LogP contribution in [-0.4, -0.2) is 51.3 Å². The number of carbonyl (C=O) groups is 1. The van der Waals surface area contributed by atoms with E-state index in [4.69, 9.17) is 0 Å². The maximum absolute atomic E-state index is 11.2. The van der Waals surface area contributed by atoms with E-state index in [1.807, 2.05) is 13.0 Å². The van der Waals surface area contributed by atoms with E-state index in [2.05, 4.69) is 59.4 Å². The summed E-state index contributed by atoms with van der Waals surface area (Å²) in [6, 6.07) is 8.60. The molecule has 0 bridgehead atoms. The molecule has 6 nitrogen and oxygen atoms in total. The monoisotopic (exact) mass is 396 g/mol. The molecule has 1 atom stereocenters. The van der Waals surface area contributed by atoms with Gasteiger partial charge in [-0.05, 0) is 41.4 Å². The molecule has 1 fully saturated rings. The average molecular weight is 397 g/mol. The van der Waals surface area contributed by atoms with E-state index in [-0.39, 0.29) is 5.97 Å². The molecule has 132 valence electrons. The summed E-state index contributed by atoms with van der Waals surface area (Å²) in [4.78, 5) is 18.0. The van der Waals surface area contributed by atoms with Gasteiger partial charge in [0.2, 0.25) is 0 Å². The summed E-state index contributed by atoms with van der Waals surface area (Å²) < 4.78 is 5.75. The quantitative estimate of drug-likeness (QED) is 0.438. The summed E-state index contributed by atoms with van der Waals surface area (Å²) in [7, 11) is 1.39. The highest BCUT2D eigenvalue weighted by Gasteiger charge is 2.24. The molecule has 1 aromatic rings. The van der Waals surface area contributed by atoms with Gasteiger partial charge >= 0.3 is 5.97 Å². The number of esters is 1. The zero-order chi connectivity index (χ0) is 17.4. The summed E-state index contributed by atoms with van der Waals surface area (Å²) in [5.74, 6) is 0.510. The minimum atomic E-state index is -0.240. The van der Waals surface area contributed by atoms with Crippen LogP contribution in [-0.2, 0) is 9.53 Å². The second kappa shape index (κ2) is 9.52. The molecule has 1 aliphatic heterocycles. The molecular formula is C17H25BrN4O2. The minimum Gasteiger partial charge on any atom is -0.469 e. The van der Waals surface area contributed by atoms with Crippen molar-refractivity contribution < 1.29 is 9.53 Å².